The zero-order chi connectivity index (χ0) is 16.4. The zero-order valence-corrected chi connectivity index (χ0v) is 12.0. The summed E-state index contributed by atoms with van der Waals surface area (Å²) >= 11 is 0. The molecule has 0 fully saturated rings. The maximum Gasteiger partial charge on any atom is 0.357 e. The molecule has 11 nitrogen and oxygen atoms in total. The van der Waals surface area contributed by atoms with Crippen LogP contribution in [-0.2, 0) is 18.7 Å². The van der Waals surface area contributed by atoms with Gasteiger partial charge in [-0.25, -0.2) is 0 Å². The van der Waals surface area contributed by atoms with Gasteiger partial charge in [0.1, 0.15) is 0 Å². The van der Waals surface area contributed by atoms with Crippen molar-refractivity contribution in [3.63, 3.8) is 0 Å². The Kier molecular flexibility index (Phi) is 6.06. The highest BCUT2D eigenvalue weighted by molar-refractivity contribution is 7.72. The minimum atomic E-state index is -5.34. The van der Waals surface area contributed by atoms with Gasteiger partial charge in [-0.3, -0.25) is 24.0 Å². The van der Waals surface area contributed by atoms with Crippen molar-refractivity contribution in [1.29, 1.82) is 0 Å². The standard InChI is InChI=1S/C7H15NO10P2/c1-7(19(13,14)15,20(16,17)18)8-3-4(6(11)12)2-5(9)10/h4,8H,2-3H2,1H3,(H,9,10)(H,11,12)(H2,13,14,15)(H2,16,17,18). The van der Waals surface area contributed by atoms with E-state index < -0.39 is 51.0 Å². The van der Waals surface area contributed by atoms with Gasteiger partial charge in [0.25, 0.3) is 0 Å². The Morgan fingerprint density at radius 1 is 1.10 bits per heavy atom. The van der Waals surface area contributed by atoms with E-state index in [0.29, 0.717) is 6.92 Å². The quantitative estimate of drug-likeness (QED) is 0.262. The lowest BCUT2D eigenvalue weighted by Crippen LogP contribution is -2.45. The molecule has 1 atom stereocenters. The molecule has 0 saturated carbocycles. The zero-order valence-electron chi connectivity index (χ0n) is 10.2. The molecule has 0 aromatic carbocycles. The van der Waals surface area contributed by atoms with Gasteiger partial charge in [-0.2, -0.15) is 0 Å². The van der Waals surface area contributed by atoms with Crippen molar-refractivity contribution in [2.24, 2.45) is 5.92 Å². The van der Waals surface area contributed by atoms with Crippen molar-refractivity contribution in [1.82, 2.24) is 5.32 Å². The molecule has 0 bridgehead atoms. The summed E-state index contributed by atoms with van der Waals surface area (Å²) < 4.78 is 22.4. The van der Waals surface area contributed by atoms with Crippen LogP contribution in [0.4, 0.5) is 0 Å². The average molecular weight is 335 g/mol. The van der Waals surface area contributed by atoms with Crippen LogP contribution in [0.2, 0.25) is 0 Å². The van der Waals surface area contributed by atoms with Gasteiger partial charge < -0.3 is 29.8 Å². The third-order valence-electron chi connectivity index (χ3n) is 2.59. The van der Waals surface area contributed by atoms with Crippen molar-refractivity contribution in [3.8, 4) is 0 Å². The minimum Gasteiger partial charge on any atom is -0.481 e. The highest BCUT2D eigenvalue weighted by atomic mass is 31.2. The summed E-state index contributed by atoms with van der Waals surface area (Å²) in [6.07, 6.45) is -0.874. The van der Waals surface area contributed by atoms with E-state index in [1.54, 1.807) is 5.32 Å². The van der Waals surface area contributed by atoms with E-state index in [1.165, 1.54) is 0 Å². The normalized spacial score (nSPS) is 14.8. The Balaban J connectivity index is 5.23. The molecule has 0 spiro atoms. The number of aliphatic carboxylic acids is 2. The van der Waals surface area contributed by atoms with E-state index in [1.807, 2.05) is 0 Å². The second-order valence-corrected chi connectivity index (χ2v) is 8.44. The number of hydrogen-bond donors (Lipinski definition) is 7. The van der Waals surface area contributed by atoms with Crippen LogP contribution in [-0.4, -0.2) is 53.3 Å². The van der Waals surface area contributed by atoms with Crippen LogP contribution in [0.25, 0.3) is 0 Å². The van der Waals surface area contributed by atoms with Gasteiger partial charge in [0, 0.05) is 6.54 Å². The van der Waals surface area contributed by atoms with E-state index in [4.69, 9.17) is 29.8 Å². The molecule has 13 heteroatoms. The summed E-state index contributed by atoms with van der Waals surface area (Å²) in [5.74, 6) is -4.67. The number of carboxylic acids is 2. The third-order valence-corrected chi connectivity index (χ3v) is 6.74. The van der Waals surface area contributed by atoms with Crippen molar-refractivity contribution in [2.45, 2.75) is 18.4 Å². The van der Waals surface area contributed by atoms with Gasteiger partial charge >= 0.3 is 27.1 Å². The fraction of sp³-hybridized carbons (Fsp3) is 0.714. The first-order valence-corrected chi connectivity index (χ1v) is 8.25. The molecule has 1 unspecified atom stereocenters. The first kappa shape index (κ1) is 19.2. The van der Waals surface area contributed by atoms with Gasteiger partial charge in [0.05, 0.1) is 12.3 Å². The Labute approximate surface area is 112 Å². The number of hydrogen-bond acceptors (Lipinski definition) is 5. The topological polar surface area (TPSA) is 202 Å². The van der Waals surface area contributed by atoms with E-state index in [0.717, 1.165) is 0 Å². The maximum atomic E-state index is 11.2. The number of carboxylic acid groups (broad SMARTS) is 2. The monoisotopic (exact) mass is 335 g/mol. The number of rotatable bonds is 8. The molecule has 0 saturated heterocycles. The molecule has 20 heavy (non-hydrogen) atoms. The Bertz CT molecular complexity index is 456. The summed E-state index contributed by atoms with van der Waals surface area (Å²) in [6, 6.07) is 0. The number of nitrogens with one attached hydrogen (secondary N) is 1. The van der Waals surface area contributed by atoms with Crippen LogP contribution in [0, 0.1) is 5.92 Å². The highest BCUT2D eigenvalue weighted by Crippen LogP contribution is 2.67. The SMILES string of the molecule is CC(NCC(CC(=O)O)C(=O)O)(P(=O)(O)O)P(=O)(O)O. The summed E-state index contributed by atoms with van der Waals surface area (Å²) in [6.45, 7) is -0.303. The van der Waals surface area contributed by atoms with Crippen molar-refractivity contribution in [3.05, 3.63) is 0 Å². The van der Waals surface area contributed by atoms with Crippen LogP contribution >= 0.6 is 15.2 Å². The molecule has 0 heterocycles. The molecule has 0 aliphatic rings. The van der Waals surface area contributed by atoms with Crippen molar-refractivity contribution >= 4 is 27.1 Å². The van der Waals surface area contributed by atoms with Crippen molar-refractivity contribution < 1.29 is 48.5 Å². The first-order valence-electron chi connectivity index (χ1n) is 5.03. The lowest BCUT2D eigenvalue weighted by molar-refractivity contribution is -0.148. The van der Waals surface area contributed by atoms with Crippen LogP contribution < -0.4 is 5.32 Å². The van der Waals surface area contributed by atoms with Gasteiger partial charge in [0.15, 0.2) is 0 Å². The highest BCUT2D eigenvalue weighted by Gasteiger charge is 2.56. The smallest absolute Gasteiger partial charge is 0.357 e. The largest absolute Gasteiger partial charge is 0.481 e. The van der Waals surface area contributed by atoms with E-state index >= 15 is 0 Å². The Morgan fingerprint density at radius 2 is 1.50 bits per heavy atom. The molecule has 118 valence electrons. The molecule has 0 rings (SSSR count). The molecule has 0 radical (unpaired) electrons. The van der Waals surface area contributed by atoms with E-state index in [-0.39, 0.29) is 0 Å². The Morgan fingerprint density at radius 3 is 1.75 bits per heavy atom. The number of carbonyl (C=O) groups is 2. The average Bonchev–Trinajstić information content (AvgIpc) is 2.19. The lowest BCUT2D eigenvalue weighted by Gasteiger charge is -2.32. The van der Waals surface area contributed by atoms with Gasteiger partial charge in [-0.1, -0.05) is 0 Å². The minimum absolute atomic E-state index is 0.536. The molecule has 0 aromatic rings. The molecular weight excluding hydrogens is 320 g/mol. The van der Waals surface area contributed by atoms with Gasteiger partial charge in [0.2, 0.25) is 5.02 Å². The predicted octanol–water partition coefficient (Wildman–Crippen LogP) is -1.22. The summed E-state index contributed by atoms with van der Waals surface area (Å²) in [4.78, 5) is 57.2. The second kappa shape index (κ2) is 6.31. The molecule has 7 N–H and O–H groups in total. The van der Waals surface area contributed by atoms with Gasteiger partial charge in [-0.05, 0) is 6.92 Å². The molecule has 0 aromatic heterocycles. The van der Waals surface area contributed by atoms with Crippen LogP contribution in [0.1, 0.15) is 13.3 Å². The molecule has 0 amide bonds. The summed E-state index contributed by atoms with van der Waals surface area (Å²) in [5, 5.41) is 16.0. The van der Waals surface area contributed by atoms with E-state index in [2.05, 4.69) is 0 Å². The van der Waals surface area contributed by atoms with Crippen molar-refractivity contribution in [2.75, 3.05) is 6.54 Å². The van der Waals surface area contributed by atoms with Gasteiger partial charge in [-0.15, -0.1) is 0 Å². The molecule has 0 aliphatic heterocycles. The van der Waals surface area contributed by atoms with Crippen LogP contribution in [0.5, 0.6) is 0 Å². The Hall–Kier alpha value is -0.800. The lowest BCUT2D eigenvalue weighted by atomic mass is 10.1. The fourth-order valence-electron chi connectivity index (χ4n) is 1.15. The maximum absolute atomic E-state index is 11.2. The fourth-order valence-corrected chi connectivity index (χ4v) is 3.10. The summed E-state index contributed by atoms with van der Waals surface area (Å²) in [7, 11) is -10.7. The third kappa shape index (κ3) is 4.64. The molecule has 0 aliphatic carbocycles. The predicted molar refractivity (Wildman–Crippen MR) is 63.9 cm³/mol. The molecular formula is C7H15NO10P2. The van der Waals surface area contributed by atoms with Crippen LogP contribution in [0.15, 0.2) is 0 Å². The van der Waals surface area contributed by atoms with E-state index in [9.17, 15) is 18.7 Å². The first-order chi connectivity index (χ1) is 8.72. The summed E-state index contributed by atoms with van der Waals surface area (Å²) in [5.41, 5.74) is 0. The second-order valence-electron chi connectivity index (χ2n) is 4.12. The van der Waals surface area contributed by atoms with Crippen LogP contribution in [0.3, 0.4) is 0 Å².